The van der Waals surface area contributed by atoms with E-state index in [9.17, 15) is 0 Å². The van der Waals surface area contributed by atoms with E-state index >= 15 is 0 Å². The molecule has 0 bridgehead atoms. The van der Waals surface area contributed by atoms with Crippen molar-refractivity contribution in [3.05, 3.63) is 0 Å². The lowest BCUT2D eigenvalue weighted by Crippen LogP contribution is -2.34. The van der Waals surface area contributed by atoms with E-state index in [-0.39, 0.29) is 6.04 Å². The maximum Gasteiger partial charge on any atom is 0.243 e. The van der Waals surface area contributed by atoms with Crippen molar-refractivity contribution in [1.29, 1.82) is 0 Å². The molecule has 0 spiro atoms. The third-order valence-electron chi connectivity index (χ3n) is 2.83. The van der Waals surface area contributed by atoms with Crippen LogP contribution in [-0.4, -0.2) is 60.6 Å². The van der Waals surface area contributed by atoms with Gasteiger partial charge in [-0.15, -0.1) is 0 Å². The minimum atomic E-state index is 0.267. The second-order valence-corrected chi connectivity index (χ2v) is 6.05. The van der Waals surface area contributed by atoms with E-state index in [0.717, 1.165) is 13.0 Å². The van der Waals surface area contributed by atoms with Gasteiger partial charge in [0.15, 0.2) is 0 Å². The van der Waals surface area contributed by atoms with Gasteiger partial charge in [0.05, 0.1) is 0 Å². The first kappa shape index (κ1) is 17.4. The number of rotatable bonds is 8. The Morgan fingerprint density at radius 2 is 1.67 bits per heavy atom. The van der Waals surface area contributed by atoms with Crippen molar-refractivity contribution in [2.45, 2.75) is 26.3 Å². The predicted octanol–water partition coefficient (Wildman–Crippen LogP) is 0.611. The standard InChI is InChI=1S/C13H28N8/c1-9(2)7-10(8-20(3)4)15-11-16-12(19-14)18-13(17-11)21(5)6/h9-10H,7-8,14H2,1-6H3,(H2,15,16,17,18,19). The highest BCUT2D eigenvalue weighted by Gasteiger charge is 2.15. The van der Waals surface area contributed by atoms with E-state index in [4.69, 9.17) is 5.84 Å². The summed E-state index contributed by atoms with van der Waals surface area (Å²) in [7, 11) is 7.87. The van der Waals surface area contributed by atoms with Crippen LogP contribution in [0.3, 0.4) is 0 Å². The molecule has 8 nitrogen and oxygen atoms in total. The van der Waals surface area contributed by atoms with Crippen LogP contribution in [0.15, 0.2) is 0 Å². The van der Waals surface area contributed by atoms with E-state index in [1.807, 2.05) is 19.0 Å². The number of aromatic nitrogens is 3. The molecule has 0 amide bonds. The van der Waals surface area contributed by atoms with Crippen molar-refractivity contribution in [1.82, 2.24) is 19.9 Å². The highest BCUT2D eigenvalue weighted by Crippen LogP contribution is 2.14. The minimum Gasteiger partial charge on any atom is -0.350 e. The Morgan fingerprint density at radius 3 is 2.14 bits per heavy atom. The fourth-order valence-corrected chi connectivity index (χ4v) is 2.07. The summed E-state index contributed by atoms with van der Waals surface area (Å²) in [6.07, 6.45) is 1.03. The van der Waals surface area contributed by atoms with Crippen LogP contribution in [0.2, 0.25) is 0 Å². The van der Waals surface area contributed by atoms with Crippen LogP contribution in [-0.2, 0) is 0 Å². The lowest BCUT2D eigenvalue weighted by atomic mass is 10.0. The van der Waals surface area contributed by atoms with E-state index < -0.39 is 0 Å². The molecule has 0 radical (unpaired) electrons. The quantitative estimate of drug-likeness (QED) is 0.474. The second-order valence-electron chi connectivity index (χ2n) is 6.05. The van der Waals surface area contributed by atoms with Crippen molar-refractivity contribution in [2.24, 2.45) is 11.8 Å². The first-order valence-corrected chi connectivity index (χ1v) is 7.13. The van der Waals surface area contributed by atoms with Crippen molar-refractivity contribution >= 4 is 17.8 Å². The van der Waals surface area contributed by atoms with Gasteiger partial charge in [-0.3, -0.25) is 5.43 Å². The van der Waals surface area contributed by atoms with Gasteiger partial charge in [-0.25, -0.2) is 5.84 Å². The molecule has 0 saturated heterocycles. The van der Waals surface area contributed by atoms with Gasteiger partial charge in [0.25, 0.3) is 0 Å². The Morgan fingerprint density at radius 1 is 1.05 bits per heavy atom. The Hall–Kier alpha value is -1.67. The molecule has 0 aliphatic heterocycles. The summed E-state index contributed by atoms with van der Waals surface area (Å²) in [6.45, 7) is 5.32. The van der Waals surface area contributed by atoms with Gasteiger partial charge in [0.1, 0.15) is 0 Å². The Balaban J connectivity index is 2.93. The number of nitrogens with zero attached hydrogens (tertiary/aromatic N) is 5. The summed E-state index contributed by atoms with van der Waals surface area (Å²) in [5.74, 6) is 7.46. The number of anilines is 3. The number of likely N-dealkylation sites (N-methyl/N-ethyl adjacent to an activating group) is 1. The van der Waals surface area contributed by atoms with Gasteiger partial charge < -0.3 is 15.1 Å². The summed E-state index contributed by atoms with van der Waals surface area (Å²) in [5.41, 5.74) is 2.48. The minimum absolute atomic E-state index is 0.267. The van der Waals surface area contributed by atoms with Crippen LogP contribution in [0.1, 0.15) is 20.3 Å². The fourth-order valence-electron chi connectivity index (χ4n) is 2.07. The van der Waals surface area contributed by atoms with Gasteiger partial charge in [0.2, 0.25) is 17.8 Å². The Labute approximate surface area is 127 Å². The van der Waals surface area contributed by atoms with Crippen molar-refractivity contribution in [2.75, 3.05) is 50.4 Å². The number of hydrazine groups is 1. The molecule has 1 aromatic rings. The topological polar surface area (TPSA) is 95.2 Å². The van der Waals surface area contributed by atoms with Gasteiger partial charge in [-0.1, -0.05) is 13.8 Å². The van der Waals surface area contributed by atoms with Gasteiger partial charge >= 0.3 is 0 Å². The number of hydrogen-bond acceptors (Lipinski definition) is 8. The lowest BCUT2D eigenvalue weighted by molar-refractivity contribution is 0.355. The van der Waals surface area contributed by atoms with Crippen LogP contribution in [0, 0.1) is 5.92 Å². The van der Waals surface area contributed by atoms with E-state index in [2.05, 4.69) is 58.5 Å². The predicted molar refractivity (Wildman–Crippen MR) is 87.4 cm³/mol. The van der Waals surface area contributed by atoms with E-state index in [0.29, 0.717) is 23.8 Å². The molecule has 120 valence electrons. The lowest BCUT2D eigenvalue weighted by Gasteiger charge is -2.24. The average Bonchev–Trinajstić information content (AvgIpc) is 2.36. The van der Waals surface area contributed by atoms with Crippen LogP contribution < -0.4 is 21.5 Å². The van der Waals surface area contributed by atoms with Gasteiger partial charge in [-0.05, 0) is 26.4 Å². The summed E-state index contributed by atoms with van der Waals surface area (Å²) in [4.78, 5) is 16.9. The molecule has 4 N–H and O–H groups in total. The second kappa shape index (κ2) is 7.94. The SMILES string of the molecule is CC(C)CC(CN(C)C)Nc1nc(NN)nc(N(C)C)n1. The van der Waals surface area contributed by atoms with Crippen LogP contribution in [0.5, 0.6) is 0 Å². The summed E-state index contributed by atoms with van der Waals surface area (Å²) < 4.78 is 0. The van der Waals surface area contributed by atoms with E-state index in [1.54, 1.807) is 0 Å². The third-order valence-corrected chi connectivity index (χ3v) is 2.83. The monoisotopic (exact) mass is 296 g/mol. The van der Waals surface area contributed by atoms with Crippen LogP contribution in [0.4, 0.5) is 17.8 Å². The van der Waals surface area contributed by atoms with Crippen molar-refractivity contribution in [3.63, 3.8) is 0 Å². The Bertz CT molecular complexity index is 422. The molecule has 0 aromatic carbocycles. The molecule has 1 rings (SSSR count). The summed E-state index contributed by atoms with van der Waals surface area (Å²) >= 11 is 0. The Kier molecular flexibility index (Phi) is 6.57. The van der Waals surface area contributed by atoms with Crippen LogP contribution >= 0.6 is 0 Å². The third kappa shape index (κ3) is 6.09. The maximum atomic E-state index is 5.42. The van der Waals surface area contributed by atoms with E-state index in [1.165, 1.54) is 0 Å². The first-order chi connectivity index (χ1) is 9.81. The molecule has 0 saturated carbocycles. The van der Waals surface area contributed by atoms with Crippen molar-refractivity contribution in [3.8, 4) is 0 Å². The first-order valence-electron chi connectivity index (χ1n) is 7.13. The molecule has 1 aromatic heterocycles. The molecule has 0 fully saturated rings. The zero-order chi connectivity index (χ0) is 16.0. The van der Waals surface area contributed by atoms with Crippen LogP contribution in [0.25, 0.3) is 0 Å². The van der Waals surface area contributed by atoms with Gasteiger partial charge in [0, 0.05) is 26.7 Å². The highest BCUT2D eigenvalue weighted by molar-refractivity contribution is 5.42. The zero-order valence-corrected chi connectivity index (χ0v) is 13.9. The molecule has 21 heavy (non-hydrogen) atoms. The summed E-state index contributed by atoms with van der Waals surface area (Å²) in [5, 5.41) is 3.39. The number of nitrogen functional groups attached to an aromatic ring is 1. The fraction of sp³-hybridized carbons (Fsp3) is 0.769. The molecule has 1 unspecified atom stereocenters. The molecule has 1 heterocycles. The summed E-state index contributed by atoms with van der Waals surface area (Å²) in [6, 6.07) is 0.267. The maximum absolute atomic E-state index is 5.42. The van der Waals surface area contributed by atoms with Crippen molar-refractivity contribution < 1.29 is 0 Å². The molecule has 1 atom stereocenters. The molecule has 0 aliphatic carbocycles. The molecule has 8 heteroatoms. The van der Waals surface area contributed by atoms with Gasteiger partial charge in [-0.2, -0.15) is 15.0 Å². The molecular weight excluding hydrogens is 268 g/mol. The number of hydrogen-bond donors (Lipinski definition) is 3. The highest BCUT2D eigenvalue weighted by atomic mass is 15.4. The number of nitrogens with two attached hydrogens (primary N) is 1. The smallest absolute Gasteiger partial charge is 0.243 e. The number of nitrogens with one attached hydrogen (secondary N) is 2. The normalized spacial score (nSPS) is 12.6. The largest absolute Gasteiger partial charge is 0.350 e. The zero-order valence-electron chi connectivity index (χ0n) is 13.9. The average molecular weight is 296 g/mol. The molecular formula is C13H28N8. The molecule has 0 aliphatic rings.